The first kappa shape index (κ1) is 15.6. The Kier molecular flexibility index (Phi) is 5.61. The first-order valence-electron chi connectivity index (χ1n) is 7.22. The average molecular weight is 289 g/mol. The number of benzene rings is 1. The third-order valence-electron chi connectivity index (χ3n) is 3.38. The van der Waals surface area contributed by atoms with Crippen molar-refractivity contribution in [3.8, 4) is 0 Å². The van der Waals surface area contributed by atoms with Gasteiger partial charge in [0, 0.05) is 5.56 Å². The number of nitrogens with zero attached hydrogens (tertiary/aromatic N) is 1. The van der Waals surface area contributed by atoms with Gasteiger partial charge >= 0.3 is 0 Å². The lowest BCUT2D eigenvalue weighted by Crippen LogP contribution is -2.06. The number of carbonyl (C=O) groups excluding carboxylic acids is 1. The number of hydrogen-bond donors (Lipinski definition) is 0. The number of aryl methyl sites for hydroxylation is 1. The Morgan fingerprint density at radius 2 is 1.27 bits per heavy atom. The summed E-state index contributed by atoms with van der Waals surface area (Å²) >= 11 is 0. The van der Waals surface area contributed by atoms with Crippen LogP contribution in [0.25, 0.3) is 0 Å². The number of rotatable bonds is 1. The number of hydrogen-bond acceptors (Lipinski definition) is 1. The van der Waals surface area contributed by atoms with Crippen LogP contribution in [0.5, 0.6) is 0 Å². The topological polar surface area (TPSA) is 29.4 Å². The molecule has 0 saturated heterocycles. The quantitative estimate of drug-likeness (QED) is 0.774. The summed E-state index contributed by atoms with van der Waals surface area (Å²) in [6.45, 7) is 3.94. The Morgan fingerprint density at radius 1 is 0.727 bits per heavy atom. The van der Waals surface area contributed by atoms with E-state index in [4.69, 9.17) is 0 Å². The van der Waals surface area contributed by atoms with Gasteiger partial charge in [0.15, 0.2) is 0 Å². The molecule has 0 aliphatic carbocycles. The Bertz CT molecular complexity index is 760. The molecule has 0 N–H and O–H groups in total. The van der Waals surface area contributed by atoms with Crippen LogP contribution >= 0.6 is 0 Å². The Labute approximate surface area is 131 Å². The van der Waals surface area contributed by atoms with E-state index in [2.05, 4.69) is 4.99 Å². The van der Waals surface area contributed by atoms with Crippen LogP contribution in [0.3, 0.4) is 0 Å². The molecule has 1 amide bonds. The van der Waals surface area contributed by atoms with E-state index in [1.807, 2.05) is 92.7 Å². The fourth-order valence-electron chi connectivity index (χ4n) is 1.98. The minimum Gasteiger partial charge on any atom is -0.267 e. The highest BCUT2D eigenvalue weighted by molar-refractivity contribution is 5.96. The van der Waals surface area contributed by atoms with Gasteiger partial charge in [-0.3, -0.25) is 4.79 Å². The van der Waals surface area contributed by atoms with E-state index < -0.39 is 0 Å². The van der Waals surface area contributed by atoms with Crippen molar-refractivity contribution in [1.29, 1.82) is 0 Å². The van der Waals surface area contributed by atoms with Gasteiger partial charge in [0.05, 0.1) is 5.36 Å². The lowest BCUT2D eigenvalue weighted by molar-refractivity contribution is 0.0998. The average Bonchev–Trinajstić information content (AvgIpc) is 2.56. The second-order valence-electron chi connectivity index (χ2n) is 4.96. The molecular formula is C20H19NO. The lowest BCUT2D eigenvalue weighted by atomic mass is 10.0. The molecule has 0 fully saturated rings. The molecule has 2 heteroatoms. The van der Waals surface area contributed by atoms with Gasteiger partial charge in [0.1, 0.15) is 0 Å². The maximum atomic E-state index is 12.4. The number of amides is 1. The van der Waals surface area contributed by atoms with E-state index in [0.717, 1.165) is 11.1 Å². The standard InChI is InChI=1S/C20H19NO/c1-16-12-11-15-19(17(16)2)20(22)21-18-13-9-7-5-3-4-6-8-10-14-18/h3-15H,1-2H3. The van der Waals surface area contributed by atoms with Crippen molar-refractivity contribution in [2.24, 2.45) is 4.99 Å². The normalized spacial score (nSPS) is 9.55. The molecule has 0 aromatic heterocycles. The van der Waals surface area contributed by atoms with Gasteiger partial charge in [-0.2, -0.15) is 0 Å². The summed E-state index contributed by atoms with van der Waals surface area (Å²) < 4.78 is 0. The van der Waals surface area contributed by atoms with Crippen molar-refractivity contribution in [1.82, 2.24) is 0 Å². The molecule has 0 aliphatic heterocycles. The molecule has 110 valence electrons. The predicted molar refractivity (Wildman–Crippen MR) is 89.9 cm³/mol. The fourth-order valence-corrected chi connectivity index (χ4v) is 1.98. The Morgan fingerprint density at radius 3 is 1.86 bits per heavy atom. The molecule has 2 nitrogen and oxygen atoms in total. The highest BCUT2D eigenvalue weighted by Crippen LogP contribution is 2.13. The second-order valence-corrected chi connectivity index (χ2v) is 4.96. The molecule has 0 aliphatic rings. The summed E-state index contributed by atoms with van der Waals surface area (Å²) in [5.41, 5.74) is 2.72. The summed E-state index contributed by atoms with van der Waals surface area (Å²) in [6, 6.07) is 24.6. The zero-order valence-electron chi connectivity index (χ0n) is 12.9. The van der Waals surface area contributed by atoms with Crippen LogP contribution in [0.4, 0.5) is 0 Å². The molecule has 0 atom stereocenters. The minimum absolute atomic E-state index is 0.216. The summed E-state index contributed by atoms with van der Waals surface area (Å²) in [5.74, 6) is -0.216. The molecule has 0 unspecified atom stereocenters. The van der Waals surface area contributed by atoms with Gasteiger partial charge in [0.2, 0.25) is 0 Å². The van der Waals surface area contributed by atoms with Crippen molar-refractivity contribution in [3.05, 3.63) is 101 Å². The van der Waals surface area contributed by atoms with Gasteiger partial charge in [-0.1, -0.05) is 60.7 Å². The number of carbonyl (C=O) groups is 1. The largest absolute Gasteiger partial charge is 0.277 e. The van der Waals surface area contributed by atoms with Crippen LogP contribution < -0.4 is 5.36 Å². The van der Waals surface area contributed by atoms with Crippen LogP contribution in [0, 0.1) is 13.8 Å². The monoisotopic (exact) mass is 289 g/mol. The highest BCUT2D eigenvalue weighted by atomic mass is 16.1. The molecule has 0 radical (unpaired) electrons. The molecule has 0 heterocycles. The van der Waals surface area contributed by atoms with E-state index in [9.17, 15) is 4.79 Å². The van der Waals surface area contributed by atoms with Crippen LogP contribution in [0.2, 0.25) is 0 Å². The summed E-state index contributed by atoms with van der Waals surface area (Å²) in [6.07, 6.45) is 0. The minimum atomic E-state index is -0.216. The van der Waals surface area contributed by atoms with Crippen LogP contribution in [0.1, 0.15) is 21.5 Å². The zero-order valence-corrected chi connectivity index (χ0v) is 12.9. The van der Waals surface area contributed by atoms with E-state index in [1.54, 1.807) is 0 Å². The van der Waals surface area contributed by atoms with Crippen molar-refractivity contribution in [2.75, 3.05) is 0 Å². The molecule has 2 rings (SSSR count). The van der Waals surface area contributed by atoms with E-state index in [-0.39, 0.29) is 5.91 Å². The Hall–Kier alpha value is -2.74. The van der Waals surface area contributed by atoms with Crippen molar-refractivity contribution in [3.63, 3.8) is 0 Å². The molecule has 0 saturated carbocycles. The fraction of sp³-hybridized carbons (Fsp3) is 0.100. The Balaban J connectivity index is 2.50. The smallest absolute Gasteiger partial charge is 0.267 e. The van der Waals surface area contributed by atoms with E-state index in [0.29, 0.717) is 10.9 Å². The van der Waals surface area contributed by atoms with Gasteiger partial charge in [-0.25, -0.2) is 4.99 Å². The van der Waals surface area contributed by atoms with Crippen molar-refractivity contribution >= 4 is 5.91 Å². The first-order chi connectivity index (χ1) is 10.7. The van der Waals surface area contributed by atoms with Crippen LogP contribution in [-0.2, 0) is 0 Å². The second kappa shape index (κ2) is 7.89. The van der Waals surface area contributed by atoms with Gasteiger partial charge in [-0.15, -0.1) is 0 Å². The maximum absolute atomic E-state index is 12.4. The third-order valence-corrected chi connectivity index (χ3v) is 3.38. The van der Waals surface area contributed by atoms with Gasteiger partial charge < -0.3 is 0 Å². The molecule has 0 spiro atoms. The van der Waals surface area contributed by atoms with Gasteiger partial charge in [-0.05, 0) is 43.2 Å². The third kappa shape index (κ3) is 4.38. The van der Waals surface area contributed by atoms with Crippen molar-refractivity contribution in [2.45, 2.75) is 13.8 Å². The van der Waals surface area contributed by atoms with E-state index in [1.165, 1.54) is 0 Å². The maximum Gasteiger partial charge on any atom is 0.277 e. The molecule has 0 bridgehead atoms. The van der Waals surface area contributed by atoms with E-state index >= 15 is 0 Å². The zero-order chi connectivity index (χ0) is 15.8. The van der Waals surface area contributed by atoms with Crippen LogP contribution in [-0.4, -0.2) is 5.91 Å². The summed E-state index contributed by atoms with van der Waals surface area (Å²) in [5, 5.41) is 0.627. The summed E-state index contributed by atoms with van der Waals surface area (Å²) in [7, 11) is 0. The summed E-state index contributed by atoms with van der Waals surface area (Å²) in [4.78, 5) is 16.6. The molecule has 22 heavy (non-hydrogen) atoms. The predicted octanol–water partition coefficient (Wildman–Crippen LogP) is 4.17. The van der Waals surface area contributed by atoms with Crippen LogP contribution in [0.15, 0.2) is 83.9 Å². The van der Waals surface area contributed by atoms with Crippen molar-refractivity contribution < 1.29 is 4.79 Å². The highest BCUT2D eigenvalue weighted by Gasteiger charge is 2.07. The van der Waals surface area contributed by atoms with Gasteiger partial charge in [0.25, 0.3) is 5.91 Å². The molecular weight excluding hydrogens is 270 g/mol. The SMILES string of the molecule is Cc1cccc(C(=O)N=c2cccccccccc2)c1C. The lowest BCUT2D eigenvalue weighted by Gasteiger charge is -2.03. The molecule has 2 aromatic rings. The molecule has 2 aromatic carbocycles. The first-order valence-corrected chi connectivity index (χ1v) is 7.22.